The Labute approximate surface area is 181 Å². The number of carboxylic acids is 1. The standard InChI is InChI=1S/C20H34N6O5/c1-5-12(4)17(26-18(28)14(6-11(2)3)24-16(27)8-21)19(29)25-15(20(30)31)7-13-9-22-10-23-13/h9-12,14-15,17H,5-8,21H2,1-4H3,(H,22,23)(H,24,27)(H,25,29)(H,26,28)(H,30,31). The summed E-state index contributed by atoms with van der Waals surface area (Å²) in [6.45, 7) is 7.19. The smallest absolute Gasteiger partial charge is 0.326 e. The molecule has 0 fully saturated rings. The average Bonchev–Trinajstić information content (AvgIpc) is 3.22. The van der Waals surface area contributed by atoms with E-state index in [1.165, 1.54) is 12.5 Å². The number of aliphatic carboxylic acids is 1. The molecule has 0 aliphatic rings. The number of nitrogens with zero attached hydrogens (tertiary/aromatic N) is 1. The molecular weight excluding hydrogens is 404 g/mol. The van der Waals surface area contributed by atoms with E-state index in [9.17, 15) is 24.3 Å². The van der Waals surface area contributed by atoms with E-state index in [-0.39, 0.29) is 24.8 Å². The normalized spacial score (nSPS) is 14.9. The fourth-order valence-corrected chi connectivity index (χ4v) is 2.99. The Bertz CT molecular complexity index is 736. The Morgan fingerprint density at radius 3 is 2.26 bits per heavy atom. The van der Waals surface area contributed by atoms with E-state index in [1.807, 2.05) is 20.8 Å². The zero-order chi connectivity index (χ0) is 23.6. The topological polar surface area (TPSA) is 179 Å². The summed E-state index contributed by atoms with van der Waals surface area (Å²) in [5.74, 6) is -2.97. The van der Waals surface area contributed by atoms with Crippen LogP contribution in [0.1, 0.15) is 46.2 Å². The number of nitrogens with one attached hydrogen (secondary N) is 4. The van der Waals surface area contributed by atoms with Gasteiger partial charge in [0, 0.05) is 18.3 Å². The third kappa shape index (κ3) is 8.75. The molecule has 0 saturated heterocycles. The van der Waals surface area contributed by atoms with Gasteiger partial charge in [0.25, 0.3) is 0 Å². The summed E-state index contributed by atoms with van der Waals surface area (Å²) in [5, 5.41) is 17.3. The van der Waals surface area contributed by atoms with Gasteiger partial charge in [-0.3, -0.25) is 14.4 Å². The SMILES string of the molecule is CCC(C)C(NC(=O)C(CC(C)C)NC(=O)CN)C(=O)NC(Cc1cnc[nH]1)C(=O)O. The number of aromatic amines is 1. The van der Waals surface area contributed by atoms with E-state index in [0.29, 0.717) is 18.5 Å². The number of nitrogens with two attached hydrogens (primary N) is 1. The van der Waals surface area contributed by atoms with Crippen molar-refractivity contribution in [3.63, 3.8) is 0 Å². The van der Waals surface area contributed by atoms with Crippen molar-refractivity contribution >= 4 is 23.7 Å². The summed E-state index contributed by atoms with van der Waals surface area (Å²) in [6, 6.07) is -3.01. The molecule has 11 nitrogen and oxygen atoms in total. The minimum Gasteiger partial charge on any atom is -0.480 e. The van der Waals surface area contributed by atoms with Crippen molar-refractivity contribution in [2.75, 3.05) is 6.54 Å². The lowest BCUT2D eigenvalue weighted by molar-refractivity contribution is -0.142. The van der Waals surface area contributed by atoms with Crippen molar-refractivity contribution in [3.8, 4) is 0 Å². The number of hydrogen-bond donors (Lipinski definition) is 6. The third-order valence-electron chi connectivity index (χ3n) is 4.93. The number of H-pyrrole nitrogens is 1. The molecule has 1 rings (SSSR count). The highest BCUT2D eigenvalue weighted by molar-refractivity contribution is 5.93. The zero-order valence-corrected chi connectivity index (χ0v) is 18.5. The van der Waals surface area contributed by atoms with Crippen LogP contribution in [-0.4, -0.2) is 63.4 Å². The number of hydrogen-bond acceptors (Lipinski definition) is 6. The van der Waals surface area contributed by atoms with Gasteiger partial charge in [0.2, 0.25) is 17.7 Å². The lowest BCUT2D eigenvalue weighted by atomic mass is 9.96. The summed E-state index contributed by atoms with van der Waals surface area (Å²) >= 11 is 0. The minimum absolute atomic E-state index is 0.0186. The van der Waals surface area contributed by atoms with E-state index < -0.39 is 41.8 Å². The largest absolute Gasteiger partial charge is 0.480 e. The molecule has 1 heterocycles. The van der Waals surface area contributed by atoms with Crippen molar-refractivity contribution in [1.82, 2.24) is 25.9 Å². The van der Waals surface area contributed by atoms with Crippen molar-refractivity contribution < 1.29 is 24.3 Å². The van der Waals surface area contributed by atoms with Gasteiger partial charge >= 0.3 is 5.97 Å². The highest BCUT2D eigenvalue weighted by Crippen LogP contribution is 2.11. The second-order valence-electron chi connectivity index (χ2n) is 8.01. The number of aromatic nitrogens is 2. The molecule has 0 aliphatic carbocycles. The van der Waals surface area contributed by atoms with Crippen LogP contribution in [0.4, 0.5) is 0 Å². The summed E-state index contributed by atoms with van der Waals surface area (Å²) in [5.41, 5.74) is 5.89. The summed E-state index contributed by atoms with van der Waals surface area (Å²) < 4.78 is 0. The first-order chi connectivity index (χ1) is 14.6. The molecular formula is C20H34N6O5. The average molecular weight is 439 g/mol. The molecule has 1 aromatic heterocycles. The Balaban J connectivity index is 2.96. The number of imidazole rings is 1. The Hall–Kier alpha value is -2.95. The van der Waals surface area contributed by atoms with Crippen LogP contribution in [0.15, 0.2) is 12.5 Å². The molecule has 0 radical (unpaired) electrons. The van der Waals surface area contributed by atoms with Crippen LogP contribution in [-0.2, 0) is 25.6 Å². The van der Waals surface area contributed by atoms with Gasteiger partial charge in [0.1, 0.15) is 18.1 Å². The number of carboxylic acid groups (broad SMARTS) is 1. The molecule has 0 saturated carbocycles. The lowest BCUT2D eigenvalue weighted by Gasteiger charge is -2.28. The first kappa shape index (κ1) is 26.1. The minimum atomic E-state index is -1.20. The number of amides is 3. The summed E-state index contributed by atoms with van der Waals surface area (Å²) in [6.07, 6.45) is 3.85. The van der Waals surface area contributed by atoms with Gasteiger partial charge in [-0.15, -0.1) is 0 Å². The van der Waals surface area contributed by atoms with Gasteiger partial charge in [-0.2, -0.15) is 0 Å². The second-order valence-corrected chi connectivity index (χ2v) is 8.01. The predicted molar refractivity (Wildman–Crippen MR) is 114 cm³/mol. The first-order valence-electron chi connectivity index (χ1n) is 10.4. The maximum absolute atomic E-state index is 12.9. The van der Waals surface area contributed by atoms with Crippen LogP contribution in [0.3, 0.4) is 0 Å². The summed E-state index contributed by atoms with van der Waals surface area (Å²) in [7, 11) is 0. The third-order valence-corrected chi connectivity index (χ3v) is 4.93. The van der Waals surface area contributed by atoms with E-state index >= 15 is 0 Å². The van der Waals surface area contributed by atoms with E-state index in [2.05, 4.69) is 25.9 Å². The maximum Gasteiger partial charge on any atom is 0.326 e. The number of carbonyl (C=O) groups is 4. The molecule has 4 unspecified atom stereocenters. The van der Waals surface area contributed by atoms with Gasteiger partial charge in [-0.1, -0.05) is 34.1 Å². The van der Waals surface area contributed by atoms with Crippen LogP contribution < -0.4 is 21.7 Å². The second kappa shape index (κ2) is 12.7. The molecule has 0 aliphatic heterocycles. The first-order valence-corrected chi connectivity index (χ1v) is 10.4. The van der Waals surface area contributed by atoms with Crippen molar-refractivity contribution in [1.29, 1.82) is 0 Å². The molecule has 0 bridgehead atoms. The van der Waals surface area contributed by atoms with Gasteiger partial charge in [0.15, 0.2) is 0 Å². The molecule has 11 heteroatoms. The number of carbonyl (C=O) groups excluding carboxylic acids is 3. The molecule has 174 valence electrons. The lowest BCUT2D eigenvalue weighted by Crippen LogP contribution is -2.58. The van der Waals surface area contributed by atoms with Crippen molar-refractivity contribution in [2.45, 2.75) is 65.1 Å². The molecule has 1 aromatic rings. The van der Waals surface area contributed by atoms with Gasteiger partial charge in [-0.05, 0) is 18.3 Å². The monoisotopic (exact) mass is 438 g/mol. The molecule has 3 amide bonds. The van der Waals surface area contributed by atoms with Gasteiger partial charge in [0.05, 0.1) is 12.9 Å². The van der Waals surface area contributed by atoms with Crippen LogP contribution in [0.5, 0.6) is 0 Å². The Morgan fingerprint density at radius 2 is 1.77 bits per heavy atom. The fraction of sp³-hybridized carbons (Fsp3) is 0.650. The highest BCUT2D eigenvalue weighted by atomic mass is 16.4. The highest BCUT2D eigenvalue weighted by Gasteiger charge is 2.32. The van der Waals surface area contributed by atoms with Crippen LogP contribution in [0.2, 0.25) is 0 Å². The predicted octanol–water partition coefficient (Wildman–Crippen LogP) is -0.458. The van der Waals surface area contributed by atoms with E-state index in [1.54, 1.807) is 6.92 Å². The molecule has 0 spiro atoms. The summed E-state index contributed by atoms with van der Waals surface area (Å²) in [4.78, 5) is 55.8. The Morgan fingerprint density at radius 1 is 1.10 bits per heavy atom. The molecule has 31 heavy (non-hydrogen) atoms. The quantitative estimate of drug-likeness (QED) is 0.241. The van der Waals surface area contributed by atoms with Crippen molar-refractivity contribution in [2.24, 2.45) is 17.6 Å². The van der Waals surface area contributed by atoms with Crippen LogP contribution in [0.25, 0.3) is 0 Å². The molecule has 7 N–H and O–H groups in total. The number of rotatable bonds is 13. The fourth-order valence-electron chi connectivity index (χ4n) is 2.99. The van der Waals surface area contributed by atoms with Crippen molar-refractivity contribution in [3.05, 3.63) is 18.2 Å². The van der Waals surface area contributed by atoms with Crippen LogP contribution in [0, 0.1) is 11.8 Å². The van der Waals surface area contributed by atoms with E-state index in [0.717, 1.165) is 0 Å². The molecule has 0 aromatic carbocycles. The van der Waals surface area contributed by atoms with Crippen LogP contribution >= 0.6 is 0 Å². The van der Waals surface area contributed by atoms with E-state index in [4.69, 9.17) is 5.73 Å². The maximum atomic E-state index is 12.9. The van der Waals surface area contributed by atoms with Gasteiger partial charge in [-0.25, -0.2) is 9.78 Å². The Kier molecular flexibility index (Phi) is 10.7. The van der Waals surface area contributed by atoms with Gasteiger partial charge < -0.3 is 31.8 Å². The molecule has 4 atom stereocenters. The zero-order valence-electron chi connectivity index (χ0n) is 18.5.